The molecule has 2 aromatic heterocycles. The summed E-state index contributed by atoms with van der Waals surface area (Å²) in [5.74, 6) is 1.67. The fourth-order valence-corrected chi connectivity index (χ4v) is 2.69. The van der Waals surface area contributed by atoms with Gasteiger partial charge in [0.15, 0.2) is 0 Å². The molecule has 0 amide bonds. The molecule has 0 unspecified atom stereocenters. The number of piperidine rings is 1. The Morgan fingerprint density at radius 3 is 2.43 bits per heavy atom. The molecule has 0 atom stereocenters. The fraction of sp³-hybridized carbons (Fsp3) is 0.429. The Bertz CT molecular complexity index is 568. The first-order valence-electron chi connectivity index (χ1n) is 6.95. The van der Waals surface area contributed by atoms with Gasteiger partial charge >= 0.3 is 0 Å². The third-order valence-corrected chi connectivity index (χ3v) is 4.00. The van der Waals surface area contributed by atoms with Crippen LogP contribution < -0.4 is 9.80 Å². The van der Waals surface area contributed by atoms with Crippen LogP contribution >= 0.6 is 11.6 Å². The number of hydrogen-bond donors (Lipinski definition) is 0. The lowest BCUT2D eigenvalue weighted by Crippen LogP contribution is -2.44. The van der Waals surface area contributed by atoms with Gasteiger partial charge in [0.05, 0.1) is 23.6 Å². The van der Waals surface area contributed by atoms with Crippen molar-refractivity contribution in [3.63, 3.8) is 0 Å². The van der Waals surface area contributed by atoms with E-state index < -0.39 is 0 Å². The van der Waals surface area contributed by atoms with Gasteiger partial charge in [-0.15, -0.1) is 0 Å². The third kappa shape index (κ3) is 3.21. The molecule has 7 heteroatoms. The summed E-state index contributed by atoms with van der Waals surface area (Å²) in [6.07, 6.45) is 10.6. The number of hydrogen-bond acceptors (Lipinski definition) is 6. The molecule has 21 heavy (non-hydrogen) atoms. The standard InChI is InChI=1S/C14H17ClN6/c1-20(14-18-8-11(15)9-19-14)12-2-6-21(7-3-12)13-10-16-4-5-17-13/h4-5,8-10,12H,2-3,6-7H2,1H3. The Labute approximate surface area is 128 Å². The van der Waals surface area contributed by atoms with Crippen molar-refractivity contribution < 1.29 is 0 Å². The van der Waals surface area contributed by atoms with Crippen LogP contribution in [-0.4, -0.2) is 46.1 Å². The van der Waals surface area contributed by atoms with E-state index in [2.05, 4.69) is 29.7 Å². The van der Waals surface area contributed by atoms with E-state index in [0.717, 1.165) is 37.7 Å². The number of nitrogens with zero attached hydrogens (tertiary/aromatic N) is 6. The van der Waals surface area contributed by atoms with Gasteiger partial charge in [-0.3, -0.25) is 4.98 Å². The van der Waals surface area contributed by atoms with E-state index in [-0.39, 0.29) is 0 Å². The molecule has 110 valence electrons. The largest absolute Gasteiger partial charge is 0.355 e. The molecule has 3 rings (SSSR count). The maximum Gasteiger partial charge on any atom is 0.225 e. The lowest BCUT2D eigenvalue weighted by molar-refractivity contribution is 0.475. The maximum absolute atomic E-state index is 5.83. The zero-order chi connectivity index (χ0) is 14.7. The predicted octanol–water partition coefficient (Wildman–Crippen LogP) is 2.03. The van der Waals surface area contributed by atoms with Gasteiger partial charge in [0.25, 0.3) is 0 Å². The van der Waals surface area contributed by atoms with Crippen LogP contribution in [0.25, 0.3) is 0 Å². The summed E-state index contributed by atoms with van der Waals surface area (Å²) in [7, 11) is 2.03. The van der Waals surface area contributed by atoms with Crippen molar-refractivity contribution in [1.82, 2.24) is 19.9 Å². The minimum atomic E-state index is 0.430. The normalized spacial score (nSPS) is 16.0. The van der Waals surface area contributed by atoms with Crippen LogP contribution in [0.2, 0.25) is 5.02 Å². The van der Waals surface area contributed by atoms with Crippen molar-refractivity contribution in [3.8, 4) is 0 Å². The summed E-state index contributed by atoms with van der Waals surface area (Å²) in [6.45, 7) is 1.92. The Balaban J connectivity index is 1.61. The predicted molar refractivity (Wildman–Crippen MR) is 82.7 cm³/mol. The van der Waals surface area contributed by atoms with Gasteiger partial charge < -0.3 is 9.80 Å². The van der Waals surface area contributed by atoms with E-state index in [1.807, 2.05) is 13.2 Å². The molecule has 1 fully saturated rings. The SMILES string of the molecule is CN(c1ncc(Cl)cn1)C1CCN(c2cnccn2)CC1. The zero-order valence-corrected chi connectivity index (χ0v) is 12.6. The molecule has 0 spiro atoms. The Kier molecular flexibility index (Phi) is 4.15. The van der Waals surface area contributed by atoms with Gasteiger partial charge in [0.2, 0.25) is 5.95 Å². The lowest BCUT2D eigenvalue weighted by atomic mass is 10.0. The summed E-state index contributed by atoms with van der Waals surface area (Å²) in [6, 6.07) is 0.430. The van der Waals surface area contributed by atoms with Crippen molar-refractivity contribution >= 4 is 23.4 Å². The molecule has 0 bridgehead atoms. The first-order chi connectivity index (χ1) is 10.2. The van der Waals surface area contributed by atoms with E-state index in [1.54, 1.807) is 24.8 Å². The second kappa shape index (κ2) is 6.22. The second-order valence-corrected chi connectivity index (χ2v) is 5.53. The van der Waals surface area contributed by atoms with Crippen LogP contribution in [0.15, 0.2) is 31.0 Å². The quantitative estimate of drug-likeness (QED) is 0.865. The van der Waals surface area contributed by atoms with E-state index in [0.29, 0.717) is 11.1 Å². The Morgan fingerprint density at radius 2 is 1.81 bits per heavy atom. The molecule has 2 aromatic rings. The van der Waals surface area contributed by atoms with E-state index >= 15 is 0 Å². The highest BCUT2D eigenvalue weighted by Gasteiger charge is 2.24. The van der Waals surface area contributed by atoms with E-state index in [1.165, 1.54) is 0 Å². The summed E-state index contributed by atoms with van der Waals surface area (Å²) in [4.78, 5) is 21.4. The molecule has 0 radical (unpaired) electrons. The van der Waals surface area contributed by atoms with Crippen LogP contribution in [-0.2, 0) is 0 Å². The molecule has 1 saturated heterocycles. The molecule has 0 N–H and O–H groups in total. The average molecular weight is 305 g/mol. The summed E-state index contributed by atoms with van der Waals surface area (Å²) >= 11 is 5.83. The number of rotatable bonds is 3. The highest BCUT2D eigenvalue weighted by molar-refractivity contribution is 6.30. The van der Waals surface area contributed by atoms with Crippen LogP contribution in [0, 0.1) is 0 Å². The molecule has 1 aliphatic rings. The molecule has 6 nitrogen and oxygen atoms in total. The van der Waals surface area contributed by atoms with Gasteiger partial charge in [-0.1, -0.05) is 11.6 Å². The van der Waals surface area contributed by atoms with Crippen molar-refractivity contribution in [3.05, 3.63) is 36.0 Å². The van der Waals surface area contributed by atoms with Crippen LogP contribution in [0.1, 0.15) is 12.8 Å². The molecular weight excluding hydrogens is 288 g/mol. The average Bonchev–Trinajstić information content (AvgIpc) is 2.56. The lowest BCUT2D eigenvalue weighted by Gasteiger charge is -2.37. The molecule has 3 heterocycles. The van der Waals surface area contributed by atoms with Crippen LogP contribution in [0.3, 0.4) is 0 Å². The Morgan fingerprint density at radius 1 is 1.10 bits per heavy atom. The highest BCUT2D eigenvalue weighted by Crippen LogP contribution is 2.22. The highest BCUT2D eigenvalue weighted by atomic mass is 35.5. The molecular formula is C14H17ClN6. The van der Waals surface area contributed by atoms with Crippen molar-refractivity contribution in [1.29, 1.82) is 0 Å². The first-order valence-corrected chi connectivity index (χ1v) is 7.33. The molecule has 1 aliphatic heterocycles. The monoisotopic (exact) mass is 304 g/mol. The van der Waals surface area contributed by atoms with Crippen LogP contribution in [0.5, 0.6) is 0 Å². The van der Waals surface area contributed by atoms with Crippen molar-refractivity contribution in [2.75, 3.05) is 29.9 Å². The third-order valence-electron chi connectivity index (χ3n) is 3.81. The van der Waals surface area contributed by atoms with E-state index in [9.17, 15) is 0 Å². The first kappa shape index (κ1) is 14.0. The Hall–Kier alpha value is -1.95. The van der Waals surface area contributed by atoms with Gasteiger partial charge in [-0.25, -0.2) is 15.0 Å². The van der Waals surface area contributed by atoms with Gasteiger partial charge in [-0.05, 0) is 12.8 Å². The maximum atomic E-state index is 5.83. The number of anilines is 2. The van der Waals surface area contributed by atoms with Gasteiger partial charge in [0.1, 0.15) is 5.82 Å². The van der Waals surface area contributed by atoms with Crippen molar-refractivity contribution in [2.24, 2.45) is 0 Å². The minimum Gasteiger partial charge on any atom is -0.355 e. The fourth-order valence-electron chi connectivity index (χ4n) is 2.59. The molecule has 0 aromatic carbocycles. The summed E-state index contributed by atoms with van der Waals surface area (Å²) in [5.41, 5.74) is 0. The number of aromatic nitrogens is 4. The zero-order valence-electron chi connectivity index (χ0n) is 11.9. The second-order valence-electron chi connectivity index (χ2n) is 5.09. The molecule has 0 saturated carbocycles. The summed E-state index contributed by atoms with van der Waals surface area (Å²) in [5, 5.41) is 0.560. The number of halogens is 1. The smallest absolute Gasteiger partial charge is 0.225 e. The minimum absolute atomic E-state index is 0.430. The molecule has 0 aliphatic carbocycles. The van der Waals surface area contributed by atoms with Crippen LogP contribution in [0.4, 0.5) is 11.8 Å². The summed E-state index contributed by atoms with van der Waals surface area (Å²) < 4.78 is 0. The van der Waals surface area contributed by atoms with Gasteiger partial charge in [0, 0.05) is 38.6 Å². The van der Waals surface area contributed by atoms with E-state index in [4.69, 9.17) is 11.6 Å². The van der Waals surface area contributed by atoms with Gasteiger partial charge in [-0.2, -0.15) is 0 Å². The topological polar surface area (TPSA) is 58.0 Å². The van der Waals surface area contributed by atoms with Crippen molar-refractivity contribution in [2.45, 2.75) is 18.9 Å².